The minimum Gasteiger partial charge on any atom is -0.497 e. The minimum atomic E-state index is -0.553. The first-order valence-corrected chi connectivity index (χ1v) is 11.1. The lowest BCUT2D eigenvalue weighted by molar-refractivity contribution is -0.138. The van der Waals surface area contributed by atoms with Gasteiger partial charge in [-0.3, -0.25) is 4.79 Å². The van der Waals surface area contributed by atoms with Crippen LogP contribution in [0.5, 0.6) is 11.5 Å². The predicted octanol–water partition coefficient (Wildman–Crippen LogP) is 2.34. The Balaban J connectivity index is 1.29. The Morgan fingerprint density at radius 3 is 2.50 bits per heavy atom. The zero-order valence-corrected chi connectivity index (χ0v) is 19.0. The number of para-hydroxylation sites is 1. The Hall–Kier alpha value is -4.21. The molecule has 0 saturated carbocycles. The normalized spacial score (nSPS) is 14.8. The Labute approximate surface area is 196 Å². The summed E-state index contributed by atoms with van der Waals surface area (Å²) in [5.41, 5.74) is 2.03. The van der Waals surface area contributed by atoms with Gasteiger partial charge >= 0.3 is 0 Å². The molecule has 0 N–H and O–H groups in total. The van der Waals surface area contributed by atoms with Crippen molar-refractivity contribution in [2.24, 2.45) is 0 Å². The molecule has 2 aromatic heterocycles. The third kappa shape index (κ3) is 4.21. The van der Waals surface area contributed by atoms with Crippen LogP contribution in [0.4, 0.5) is 5.82 Å². The number of anilines is 1. The Morgan fingerprint density at radius 1 is 0.971 bits per heavy atom. The lowest BCUT2D eigenvalue weighted by Crippen LogP contribution is -2.52. The van der Waals surface area contributed by atoms with Crippen LogP contribution in [0.25, 0.3) is 16.9 Å². The highest BCUT2D eigenvalue weighted by Crippen LogP contribution is 2.25. The molecule has 3 heterocycles. The number of benzene rings is 2. The highest BCUT2D eigenvalue weighted by molar-refractivity contribution is 5.84. The molecule has 10 nitrogen and oxygen atoms in total. The third-order valence-electron chi connectivity index (χ3n) is 5.81. The van der Waals surface area contributed by atoms with Crippen LogP contribution in [-0.2, 0) is 4.79 Å². The number of methoxy groups -OCH3 is 1. The van der Waals surface area contributed by atoms with Crippen molar-refractivity contribution >= 4 is 22.9 Å². The Morgan fingerprint density at radius 2 is 1.74 bits per heavy atom. The standard InChI is InChI=1S/C24H25N7O3/c1-17(34-19-8-4-3-5-9-19)24(32)30-13-11-29(12-14-30)22-21-23(26-16-25-22)31(28-27-21)18-7-6-10-20(15-18)33-2/h3-10,15-17H,11-14H2,1-2H3/t17-/m1/s1. The lowest BCUT2D eigenvalue weighted by Gasteiger charge is -2.36. The van der Waals surface area contributed by atoms with Gasteiger partial charge in [0, 0.05) is 32.2 Å². The molecular formula is C24H25N7O3. The molecule has 0 spiro atoms. The van der Waals surface area contributed by atoms with Crippen LogP contribution in [0.1, 0.15) is 6.92 Å². The van der Waals surface area contributed by atoms with E-state index in [-0.39, 0.29) is 5.91 Å². The average molecular weight is 460 g/mol. The molecule has 1 aliphatic rings. The fourth-order valence-electron chi connectivity index (χ4n) is 4.03. The molecule has 1 saturated heterocycles. The summed E-state index contributed by atoms with van der Waals surface area (Å²) >= 11 is 0. The number of aromatic nitrogens is 5. The predicted molar refractivity (Wildman–Crippen MR) is 126 cm³/mol. The molecule has 2 aromatic carbocycles. The highest BCUT2D eigenvalue weighted by atomic mass is 16.5. The number of amides is 1. The van der Waals surface area contributed by atoms with E-state index >= 15 is 0 Å². The van der Waals surface area contributed by atoms with Crippen LogP contribution < -0.4 is 14.4 Å². The molecule has 1 fully saturated rings. The van der Waals surface area contributed by atoms with Crippen LogP contribution in [0.3, 0.4) is 0 Å². The van der Waals surface area contributed by atoms with Crippen molar-refractivity contribution in [2.45, 2.75) is 13.0 Å². The molecule has 5 rings (SSSR count). The van der Waals surface area contributed by atoms with Gasteiger partial charge in [0.15, 0.2) is 23.1 Å². The summed E-state index contributed by atoms with van der Waals surface area (Å²) in [4.78, 5) is 25.7. The maximum Gasteiger partial charge on any atom is 0.263 e. The van der Waals surface area contributed by atoms with E-state index in [2.05, 4.69) is 25.2 Å². The molecule has 0 aliphatic carbocycles. The number of ether oxygens (including phenoxy) is 2. The van der Waals surface area contributed by atoms with Gasteiger partial charge in [0.1, 0.15) is 17.8 Å². The lowest BCUT2D eigenvalue weighted by atomic mass is 10.2. The Kier molecular flexibility index (Phi) is 5.94. The van der Waals surface area contributed by atoms with Gasteiger partial charge in [-0.1, -0.05) is 29.5 Å². The number of hydrogen-bond donors (Lipinski definition) is 0. The van der Waals surface area contributed by atoms with Gasteiger partial charge in [-0.05, 0) is 31.2 Å². The van der Waals surface area contributed by atoms with Gasteiger partial charge in [0.05, 0.1) is 12.8 Å². The Bertz CT molecular complexity index is 1290. The van der Waals surface area contributed by atoms with Gasteiger partial charge in [-0.25, -0.2) is 9.97 Å². The number of fused-ring (bicyclic) bond motifs is 1. The maximum absolute atomic E-state index is 12.9. The molecule has 10 heteroatoms. The molecule has 34 heavy (non-hydrogen) atoms. The monoisotopic (exact) mass is 459 g/mol. The zero-order chi connectivity index (χ0) is 23.5. The molecule has 4 aromatic rings. The first kappa shape index (κ1) is 21.6. The largest absolute Gasteiger partial charge is 0.497 e. The van der Waals surface area contributed by atoms with Gasteiger partial charge in [-0.15, -0.1) is 5.10 Å². The van der Waals surface area contributed by atoms with E-state index in [1.165, 1.54) is 6.33 Å². The van der Waals surface area contributed by atoms with Crippen molar-refractivity contribution in [3.8, 4) is 17.2 Å². The number of carbonyl (C=O) groups excluding carboxylic acids is 1. The number of piperazine rings is 1. The van der Waals surface area contributed by atoms with Crippen LogP contribution in [0.2, 0.25) is 0 Å². The summed E-state index contributed by atoms with van der Waals surface area (Å²) in [6.45, 7) is 4.17. The molecular weight excluding hydrogens is 434 g/mol. The highest BCUT2D eigenvalue weighted by Gasteiger charge is 2.28. The van der Waals surface area contributed by atoms with E-state index in [4.69, 9.17) is 9.47 Å². The summed E-state index contributed by atoms with van der Waals surface area (Å²) in [6.07, 6.45) is 0.966. The minimum absolute atomic E-state index is 0.0275. The van der Waals surface area contributed by atoms with Crippen molar-refractivity contribution in [3.63, 3.8) is 0 Å². The number of rotatable bonds is 6. The van der Waals surface area contributed by atoms with Gasteiger partial charge in [-0.2, -0.15) is 4.68 Å². The summed E-state index contributed by atoms with van der Waals surface area (Å²) in [7, 11) is 1.62. The van der Waals surface area contributed by atoms with Crippen LogP contribution >= 0.6 is 0 Å². The summed E-state index contributed by atoms with van der Waals surface area (Å²) in [5, 5.41) is 8.66. The van der Waals surface area contributed by atoms with Gasteiger partial charge in [0.25, 0.3) is 5.91 Å². The molecule has 1 atom stereocenters. The van der Waals surface area contributed by atoms with E-state index < -0.39 is 6.10 Å². The second-order valence-electron chi connectivity index (χ2n) is 7.96. The zero-order valence-electron chi connectivity index (χ0n) is 19.0. The van der Waals surface area contributed by atoms with Crippen molar-refractivity contribution in [1.29, 1.82) is 0 Å². The van der Waals surface area contributed by atoms with E-state index in [1.807, 2.05) is 59.5 Å². The quantitative estimate of drug-likeness (QED) is 0.433. The van der Waals surface area contributed by atoms with Crippen LogP contribution in [-0.4, -0.2) is 75.2 Å². The molecule has 174 valence electrons. The second kappa shape index (κ2) is 9.34. The first-order valence-electron chi connectivity index (χ1n) is 11.1. The fraction of sp³-hybridized carbons (Fsp3) is 0.292. The van der Waals surface area contributed by atoms with Gasteiger partial charge in [0.2, 0.25) is 0 Å². The van der Waals surface area contributed by atoms with E-state index in [9.17, 15) is 4.79 Å². The maximum atomic E-state index is 12.9. The first-order chi connectivity index (χ1) is 16.6. The fourth-order valence-corrected chi connectivity index (χ4v) is 4.03. The van der Waals surface area contributed by atoms with Crippen LogP contribution in [0, 0.1) is 0 Å². The number of hydrogen-bond acceptors (Lipinski definition) is 8. The summed E-state index contributed by atoms with van der Waals surface area (Å²) < 4.78 is 12.8. The van der Waals surface area contributed by atoms with E-state index in [1.54, 1.807) is 18.7 Å². The SMILES string of the molecule is COc1cccc(-n2nnc3c(N4CCN(C(=O)[C@@H](C)Oc5ccccc5)CC4)ncnc32)c1. The van der Waals surface area contributed by atoms with Crippen molar-refractivity contribution in [2.75, 3.05) is 38.2 Å². The number of carbonyl (C=O) groups is 1. The average Bonchev–Trinajstić information content (AvgIpc) is 3.33. The number of nitrogens with zero attached hydrogens (tertiary/aromatic N) is 7. The summed E-state index contributed by atoms with van der Waals surface area (Å²) in [5.74, 6) is 2.09. The molecule has 1 amide bonds. The second-order valence-corrected chi connectivity index (χ2v) is 7.96. The topological polar surface area (TPSA) is 98.5 Å². The van der Waals surface area contributed by atoms with Crippen molar-refractivity contribution in [1.82, 2.24) is 29.9 Å². The van der Waals surface area contributed by atoms with E-state index in [0.717, 1.165) is 11.4 Å². The molecule has 0 radical (unpaired) electrons. The van der Waals surface area contributed by atoms with Gasteiger partial charge < -0.3 is 19.3 Å². The smallest absolute Gasteiger partial charge is 0.263 e. The third-order valence-corrected chi connectivity index (χ3v) is 5.81. The molecule has 1 aliphatic heterocycles. The molecule has 0 bridgehead atoms. The van der Waals surface area contributed by atoms with Crippen LogP contribution in [0.15, 0.2) is 60.9 Å². The van der Waals surface area contributed by atoms with Crippen molar-refractivity contribution < 1.29 is 14.3 Å². The van der Waals surface area contributed by atoms with Crippen molar-refractivity contribution in [3.05, 3.63) is 60.9 Å². The molecule has 0 unspecified atom stereocenters. The summed E-state index contributed by atoms with van der Waals surface area (Å²) in [6, 6.07) is 16.9. The van der Waals surface area contributed by atoms with E-state index in [0.29, 0.717) is 48.9 Å².